The fourth-order valence-electron chi connectivity index (χ4n) is 8.11. The first-order valence-electron chi connectivity index (χ1n) is 18.4. The normalized spacial score (nSPS) is 20.5. The fourth-order valence-corrected chi connectivity index (χ4v) is 8.11. The Kier molecular flexibility index (Phi) is 9.71. The number of alkyl halides is 2. The van der Waals surface area contributed by atoms with E-state index in [0.29, 0.717) is 44.1 Å². The fraction of sp³-hybridized carbons (Fsp3) is 0.375. The highest BCUT2D eigenvalue weighted by atomic mass is 19.3. The molecule has 13 nitrogen and oxygen atoms in total. The first kappa shape index (κ1) is 36.2. The summed E-state index contributed by atoms with van der Waals surface area (Å²) in [6.07, 6.45) is 3.63. The molecule has 3 amide bonds. The van der Waals surface area contributed by atoms with Crippen LogP contribution in [0.1, 0.15) is 55.8 Å². The van der Waals surface area contributed by atoms with Gasteiger partial charge in [0.1, 0.15) is 17.7 Å². The van der Waals surface area contributed by atoms with Crippen LogP contribution in [-0.2, 0) is 14.3 Å². The van der Waals surface area contributed by atoms with E-state index in [2.05, 4.69) is 44.5 Å². The molecule has 4 N–H and O–H groups in total. The van der Waals surface area contributed by atoms with Gasteiger partial charge in [-0.05, 0) is 71.2 Å². The van der Waals surface area contributed by atoms with Crippen molar-refractivity contribution in [3.8, 4) is 33.6 Å². The molecule has 8 rings (SSSR count). The van der Waals surface area contributed by atoms with Crippen LogP contribution < -0.4 is 5.32 Å². The van der Waals surface area contributed by atoms with Crippen molar-refractivity contribution in [1.82, 2.24) is 35.1 Å². The molecular formula is C40H41F2N7O6. The number of halogens is 2. The minimum atomic E-state index is -3.11. The molecule has 3 aliphatic rings. The van der Waals surface area contributed by atoms with E-state index in [1.54, 1.807) is 6.20 Å². The number of rotatable bonds is 8. The number of nitrogens with zero attached hydrogens (tertiary/aromatic N) is 4. The zero-order chi connectivity index (χ0) is 38.3. The summed E-state index contributed by atoms with van der Waals surface area (Å²) in [5.41, 5.74) is 5.19. The minimum absolute atomic E-state index is 0.0411. The highest BCUT2D eigenvalue weighted by Crippen LogP contribution is 2.41. The lowest BCUT2D eigenvalue weighted by atomic mass is 9.90. The third kappa shape index (κ3) is 7.35. The number of amides is 3. The molecule has 0 saturated carbocycles. The number of aromatic amines is 2. The van der Waals surface area contributed by atoms with Crippen LogP contribution in [0.15, 0.2) is 73.1 Å². The summed E-state index contributed by atoms with van der Waals surface area (Å²) in [6, 6.07) is 18.2. The van der Waals surface area contributed by atoms with Gasteiger partial charge < -0.3 is 34.8 Å². The first-order valence-corrected chi connectivity index (χ1v) is 18.4. The number of carboxylic acid groups (broad SMARTS) is 1. The summed E-state index contributed by atoms with van der Waals surface area (Å²) in [5, 5.41) is 14.3. The standard InChI is InChI=1S/C40H41F2N7O6/c1-54-38(51)47-34(25-12-15-55-16-13-25)37(50)48-14-2-3-32(48)35-43-21-31(46-35)29-11-10-27-17-26(8-9-28(27)18-29)23-4-6-24(7-5-23)30-20-44-36(45-30)33-19-40(41,42)22-49(33)39(52)53/h4-11,17-18,20-21,25,32-34H,2-3,12-16,19,22H2,1H3,(H,43,46)(H,44,45)(H,47,51)(H,52,53). The van der Waals surface area contributed by atoms with Gasteiger partial charge in [0, 0.05) is 31.7 Å². The zero-order valence-corrected chi connectivity index (χ0v) is 30.1. The Bertz CT molecular complexity index is 2220. The van der Waals surface area contributed by atoms with Gasteiger partial charge in [-0.1, -0.05) is 48.5 Å². The van der Waals surface area contributed by atoms with Crippen molar-refractivity contribution >= 4 is 28.9 Å². The lowest BCUT2D eigenvalue weighted by molar-refractivity contribution is -0.136. The third-order valence-corrected chi connectivity index (χ3v) is 11.0. The van der Waals surface area contributed by atoms with Crippen LogP contribution in [0, 0.1) is 5.92 Å². The molecule has 3 unspecified atom stereocenters. The molecule has 15 heteroatoms. The van der Waals surface area contributed by atoms with Crippen molar-refractivity contribution in [1.29, 1.82) is 0 Å². The van der Waals surface area contributed by atoms with Crippen LogP contribution in [0.25, 0.3) is 44.4 Å². The Morgan fingerprint density at radius 2 is 1.45 bits per heavy atom. The number of H-pyrrole nitrogens is 2. The van der Waals surface area contributed by atoms with Crippen molar-refractivity contribution in [2.24, 2.45) is 5.92 Å². The molecule has 55 heavy (non-hydrogen) atoms. The number of carbonyl (C=O) groups excluding carboxylic acids is 2. The van der Waals surface area contributed by atoms with Gasteiger partial charge >= 0.3 is 12.2 Å². The zero-order valence-electron chi connectivity index (χ0n) is 30.1. The molecular weight excluding hydrogens is 712 g/mol. The second-order valence-corrected chi connectivity index (χ2v) is 14.5. The minimum Gasteiger partial charge on any atom is -0.465 e. The van der Waals surface area contributed by atoms with Crippen LogP contribution in [0.2, 0.25) is 0 Å². The number of likely N-dealkylation sites (tertiary alicyclic amines) is 2. The number of methoxy groups -OCH3 is 1. The topological polar surface area (TPSA) is 166 Å². The monoisotopic (exact) mass is 753 g/mol. The average Bonchev–Trinajstić information content (AvgIpc) is 4.03. The van der Waals surface area contributed by atoms with Crippen LogP contribution in [0.3, 0.4) is 0 Å². The molecule has 5 aromatic rings. The molecule has 3 aliphatic heterocycles. The van der Waals surface area contributed by atoms with Gasteiger partial charge in [0.25, 0.3) is 5.92 Å². The van der Waals surface area contributed by atoms with Gasteiger partial charge in [-0.25, -0.2) is 28.3 Å². The van der Waals surface area contributed by atoms with E-state index >= 15 is 0 Å². The van der Waals surface area contributed by atoms with E-state index in [1.165, 1.54) is 13.3 Å². The van der Waals surface area contributed by atoms with Crippen LogP contribution in [0.4, 0.5) is 18.4 Å². The third-order valence-electron chi connectivity index (χ3n) is 11.0. The summed E-state index contributed by atoms with van der Waals surface area (Å²) >= 11 is 0. The number of nitrogens with one attached hydrogen (secondary N) is 3. The van der Waals surface area contributed by atoms with Gasteiger partial charge in [0.05, 0.1) is 49.5 Å². The molecule has 2 aromatic heterocycles. The van der Waals surface area contributed by atoms with Crippen molar-refractivity contribution in [3.63, 3.8) is 0 Å². The highest BCUT2D eigenvalue weighted by molar-refractivity contribution is 5.91. The summed E-state index contributed by atoms with van der Waals surface area (Å²) in [7, 11) is 1.29. The first-order chi connectivity index (χ1) is 26.6. The number of aromatic nitrogens is 4. The molecule has 3 aromatic carbocycles. The van der Waals surface area contributed by atoms with E-state index in [4.69, 9.17) is 14.5 Å². The number of imidazole rings is 2. The van der Waals surface area contributed by atoms with Crippen molar-refractivity contribution in [2.45, 2.75) is 56.2 Å². The number of carbonyl (C=O) groups is 3. The number of fused-ring (bicyclic) bond motifs is 1. The Hall–Kier alpha value is -5.83. The van der Waals surface area contributed by atoms with Crippen LogP contribution in [0.5, 0.6) is 0 Å². The maximum Gasteiger partial charge on any atom is 0.408 e. The maximum atomic E-state index is 14.0. The maximum absolute atomic E-state index is 14.0. The van der Waals surface area contributed by atoms with Crippen molar-refractivity contribution in [3.05, 3.63) is 84.7 Å². The van der Waals surface area contributed by atoms with E-state index in [9.17, 15) is 28.3 Å². The molecule has 0 aliphatic carbocycles. The Balaban J connectivity index is 0.960. The summed E-state index contributed by atoms with van der Waals surface area (Å²) in [6.45, 7) is 0.817. The largest absolute Gasteiger partial charge is 0.465 e. The van der Waals surface area contributed by atoms with Gasteiger partial charge in [0.2, 0.25) is 5.91 Å². The van der Waals surface area contributed by atoms with Gasteiger partial charge in [0.15, 0.2) is 0 Å². The average molecular weight is 754 g/mol. The highest BCUT2D eigenvalue weighted by Gasteiger charge is 2.49. The lowest BCUT2D eigenvalue weighted by Crippen LogP contribution is -2.53. The Morgan fingerprint density at radius 3 is 2.13 bits per heavy atom. The SMILES string of the molecule is COC(=O)NC(C(=O)N1CCCC1c1ncc(-c2ccc3cc(-c4ccc(-c5cnc(C6CC(F)(F)CN6C(=O)O)[nH]5)cc4)ccc3c2)[nH]1)C1CCOCC1. The molecule has 0 spiro atoms. The molecule has 0 bridgehead atoms. The van der Waals surface area contributed by atoms with Crippen molar-refractivity contribution < 1.29 is 37.7 Å². The van der Waals surface area contributed by atoms with E-state index < -0.39 is 43.2 Å². The molecule has 0 radical (unpaired) electrons. The van der Waals surface area contributed by atoms with Gasteiger partial charge in [-0.15, -0.1) is 0 Å². The van der Waals surface area contributed by atoms with Gasteiger partial charge in [-0.2, -0.15) is 0 Å². The second kappa shape index (κ2) is 14.8. The predicted molar refractivity (Wildman–Crippen MR) is 198 cm³/mol. The van der Waals surface area contributed by atoms with Crippen molar-refractivity contribution in [2.75, 3.05) is 33.4 Å². The molecule has 286 valence electrons. The van der Waals surface area contributed by atoms with Crippen LogP contribution >= 0.6 is 0 Å². The molecule has 5 heterocycles. The predicted octanol–water partition coefficient (Wildman–Crippen LogP) is 7.16. The Labute approximate surface area is 315 Å². The number of hydrogen-bond donors (Lipinski definition) is 4. The van der Waals surface area contributed by atoms with Gasteiger partial charge in [-0.3, -0.25) is 9.69 Å². The number of alkyl carbamates (subject to hydrolysis) is 1. The molecule has 3 fully saturated rings. The number of benzene rings is 3. The lowest BCUT2D eigenvalue weighted by Gasteiger charge is -2.34. The van der Waals surface area contributed by atoms with Crippen LogP contribution in [-0.4, -0.2) is 98.3 Å². The Morgan fingerprint density at radius 1 is 0.855 bits per heavy atom. The summed E-state index contributed by atoms with van der Waals surface area (Å²) in [5.74, 6) is -2.38. The molecule has 3 saturated heterocycles. The van der Waals surface area contributed by atoms with E-state index in [-0.39, 0.29) is 23.7 Å². The summed E-state index contributed by atoms with van der Waals surface area (Å²) < 4.78 is 38.4. The second-order valence-electron chi connectivity index (χ2n) is 14.5. The molecule has 3 atom stereocenters. The smallest absolute Gasteiger partial charge is 0.408 e. The quantitative estimate of drug-likeness (QED) is 0.130. The number of ether oxygens (including phenoxy) is 2. The van der Waals surface area contributed by atoms with E-state index in [0.717, 1.165) is 56.5 Å². The van der Waals surface area contributed by atoms with E-state index in [1.807, 2.05) is 41.3 Å². The number of hydrogen-bond acceptors (Lipinski definition) is 7. The summed E-state index contributed by atoms with van der Waals surface area (Å²) in [4.78, 5) is 55.8.